The molecule has 0 amide bonds. The van der Waals surface area contributed by atoms with Crippen LogP contribution in [0.3, 0.4) is 0 Å². The van der Waals surface area contributed by atoms with Crippen LogP contribution in [-0.4, -0.2) is 32.6 Å². The van der Waals surface area contributed by atoms with Gasteiger partial charge in [0, 0.05) is 0 Å². The molecule has 16 heavy (non-hydrogen) atoms. The molecule has 0 aliphatic carbocycles. The van der Waals surface area contributed by atoms with E-state index in [0.29, 0.717) is 11.6 Å². The highest BCUT2D eigenvalue weighted by molar-refractivity contribution is 5.80. The van der Waals surface area contributed by atoms with Gasteiger partial charge in [-0.15, -0.1) is 0 Å². The molecular formula is C10H10N4O2. The highest BCUT2D eigenvalue weighted by Crippen LogP contribution is 2.25. The molecule has 82 valence electrons. The zero-order valence-corrected chi connectivity index (χ0v) is 8.25. The van der Waals surface area contributed by atoms with Crippen LogP contribution in [0, 0.1) is 0 Å². The van der Waals surface area contributed by atoms with Gasteiger partial charge in [0.2, 0.25) is 0 Å². The van der Waals surface area contributed by atoms with Gasteiger partial charge in [-0.2, -0.15) is 0 Å². The first kappa shape index (κ1) is 9.32. The van der Waals surface area contributed by atoms with Gasteiger partial charge >= 0.3 is 0 Å². The Morgan fingerprint density at radius 3 is 1.75 bits per heavy atom. The minimum atomic E-state index is -1.08. The van der Waals surface area contributed by atoms with Crippen LogP contribution in [0.2, 0.25) is 0 Å². The number of aliphatic hydroxyl groups is 2. The predicted molar refractivity (Wildman–Crippen MR) is 58.8 cm³/mol. The molecule has 0 bridgehead atoms. The van der Waals surface area contributed by atoms with Crippen molar-refractivity contribution in [3.63, 3.8) is 0 Å². The Hall–Kier alpha value is -1.92. The second kappa shape index (κ2) is 3.29. The molecule has 6 heteroatoms. The van der Waals surface area contributed by atoms with Crippen LogP contribution in [0.1, 0.15) is 0 Å². The van der Waals surface area contributed by atoms with Crippen LogP contribution in [0.5, 0.6) is 0 Å². The van der Waals surface area contributed by atoms with Crippen molar-refractivity contribution in [2.45, 2.75) is 12.5 Å². The van der Waals surface area contributed by atoms with Crippen molar-refractivity contribution in [2.24, 2.45) is 0 Å². The maximum atomic E-state index is 9.41. The van der Waals surface area contributed by atoms with Gasteiger partial charge in [0.15, 0.2) is 24.1 Å². The van der Waals surface area contributed by atoms with E-state index in [1.807, 2.05) is 24.3 Å². The number of anilines is 2. The first-order valence-electron chi connectivity index (χ1n) is 4.90. The van der Waals surface area contributed by atoms with E-state index in [-0.39, 0.29) is 0 Å². The second-order valence-electron chi connectivity index (χ2n) is 3.59. The van der Waals surface area contributed by atoms with Crippen molar-refractivity contribution >= 4 is 22.7 Å². The summed E-state index contributed by atoms with van der Waals surface area (Å²) in [7, 11) is 0. The molecule has 2 aromatic rings. The summed E-state index contributed by atoms with van der Waals surface area (Å²) >= 11 is 0. The quantitative estimate of drug-likeness (QED) is 0.501. The molecular weight excluding hydrogens is 208 g/mol. The van der Waals surface area contributed by atoms with E-state index >= 15 is 0 Å². The second-order valence-corrected chi connectivity index (χ2v) is 3.59. The molecule has 2 heterocycles. The lowest BCUT2D eigenvalue weighted by Gasteiger charge is -2.27. The first-order chi connectivity index (χ1) is 7.74. The zero-order chi connectivity index (χ0) is 11.1. The number of hydrogen-bond acceptors (Lipinski definition) is 6. The summed E-state index contributed by atoms with van der Waals surface area (Å²) in [4.78, 5) is 8.59. The summed E-state index contributed by atoms with van der Waals surface area (Å²) in [6.07, 6.45) is -2.16. The monoisotopic (exact) mass is 218 g/mol. The van der Waals surface area contributed by atoms with E-state index in [9.17, 15) is 10.2 Å². The maximum Gasteiger partial charge on any atom is 0.171 e. The van der Waals surface area contributed by atoms with Crippen molar-refractivity contribution < 1.29 is 10.2 Å². The fourth-order valence-electron chi connectivity index (χ4n) is 1.64. The fraction of sp³-hybridized carbons (Fsp3) is 0.200. The molecule has 0 fully saturated rings. The molecule has 1 aromatic carbocycles. The number of aromatic nitrogens is 2. The first-order valence-corrected chi connectivity index (χ1v) is 4.90. The normalized spacial score (nSPS) is 23.4. The highest BCUT2D eigenvalue weighted by atomic mass is 16.4. The Labute approximate surface area is 91.0 Å². The van der Waals surface area contributed by atoms with E-state index in [0.717, 1.165) is 11.0 Å². The minimum absolute atomic E-state index is 0.441. The Morgan fingerprint density at radius 1 is 0.875 bits per heavy atom. The van der Waals surface area contributed by atoms with Crippen molar-refractivity contribution in [3.05, 3.63) is 24.3 Å². The van der Waals surface area contributed by atoms with Crippen LogP contribution in [0.15, 0.2) is 24.3 Å². The van der Waals surface area contributed by atoms with Gasteiger partial charge in [-0.05, 0) is 12.1 Å². The van der Waals surface area contributed by atoms with Gasteiger partial charge in [0.25, 0.3) is 0 Å². The molecule has 1 aliphatic rings. The van der Waals surface area contributed by atoms with Crippen molar-refractivity contribution in [1.29, 1.82) is 0 Å². The van der Waals surface area contributed by atoms with E-state index in [1.165, 1.54) is 0 Å². The molecule has 2 unspecified atom stereocenters. The zero-order valence-electron chi connectivity index (χ0n) is 8.25. The van der Waals surface area contributed by atoms with Gasteiger partial charge < -0.3 is 20.8 Å². The van der Waals surface area contributed by atoms with Crippen LogP contribution >= 0.6 is 0 Å². The Balaban J connectivity index is 2.17. The molecule has 0 saturated heterocycles. The van der Waals surface area contributed by atoms with Gasteiger partial charge in [0.1, 0.15) is 0 Å². The van der Waals surface area contributed by atoms with Gasteiger partial charge in [-0.1, -0.05) is 12.1 Å². The van der Waals surface area contributed by atoms with Gasteiger partial charge in [0.05, 0.1) is 11.0 Å². The third-order valence-corrected chi connectivity index (χ3v) is 2.44. The fourth-order valence-corrected chi connectivity index (χ4v) is 1.64. The number of fused-ring (bicyclic) bond motifs is 2. The Bertz CT molecular complexity index is 497. The Kier molecular flexibility index (Phi) is 1.92. The molecule has 1 aliphatic heterocycles. The minimum Gasteiger partial charge on any atom is -0.369 e. The summed E-state index contributed by atoms with van der Waals surface area (Å²) in [6.45, 7) is 0. The predicted octanol–water partition coefficient (Wildman–Crippen LogP) is 0.104. The summed E-state index contributed by atoms with van der Waals surface area (Å²) < 4.78 is 0. The number of rotatable bonds is 0. The number of nitrogens with zero attached hydrogens (tertiary/aromatic N) is 2. The van der Waals surface area contributed by atoms with E-state index in [4.69, 9.17) is 0 Å². The smallest absolute Gasteiger partial charge is 0.171 e. The van der Waals surface area contributed by atoms with Crippen LogP contribution in [-0.2, 0) is 0 Å². The maximum absolute atomic E-state index is 9.41. The van der Waals surface area contributed by atoms with Crippen molar-refractivity contribution in [2.75, 3.05) is 10.6 Å². The van der Waals surface area contributed by atoms with Crippen LogP contribution in [0.25, 0.3) is 11.0 Å². The molecule has 6 nitrogen and oxygen atoms in total. The highest BCUT2D eigenvalue weighted by Gasteiger charge is 2.25. The Morgan fingerprint density at radius 2 is 1.31 bits per heavy atom. The van der Waals surface area contributed by atoms with Crippen LogP contribution < -0.4 is 10.6 Å². The van der Waals surface area contributed by atoms with Crippen LogP contribution in [0.4, 0.5) is 11.6 Å². The van der Waals surface area contributed by atoms with E-state index in [1.54, 1.807) is 0 Å². The summed E-state index contributed by atoms with van der Waals surface area (Å²) in [5.41, 5.74) is 1.47. The van der Waals surface area contributed by atoms with E-state index in [2.05, 4.69) is 20.6 Å². The number of benzene rings is 1. The summed E-state index contributed by atoms with van der Waals surface area (Å²) in [5, 5.41) is 24.2. The topological polar surface area (TPSA) is 90.3 Å². The van der Waals surface area contributed by atoms with Crippen molar-refractivity contribution in [3.8, 4) is 0 Å². The lowest BCUT2D eigenvalue weighted by atomic mass is 10.3. The summed E-state index contributed by atoms with van der Waals surface area (Å²) in [6, 6.07) is 7.40. The molecule has 0 radical (unpaired) electrons. The molecule has 3 rings (SSSR count). The number of hydrogen-bond donors (Lipinski definition) is 4. The molecule has 4 N–H and O–H groups in total. The molecule has 2 atom stereocenters. The molecule has 1 aromatic heterocycles. The molecule has 0 spiro atoms. The molecule has 0 saturated carbocycles. The number of para-hydroxylation sites is 2. The van der Waals surface area contributed by atoms with E-state index < -0.39 is 12.5 Å². The average molecular weight is 218 g/mol. The lowest BCUT2D eigenvalue weighted by Crippen LogP contribution is -2.43. The third kappa shape index (κ3) is 1.36. The average Bonchev–Trinajstić information content (AvgIpc) is 2.28. The summed E-state index contributed by atoms with van der Waals surface area (Å²) in [5.74, 6) is 0.882. The van der Waals surface area contributed by atoms with Gasteiger partial charge in [-0.3, -0.25) is 0 Å². The largest absolute Gasteiger partial charge is 0.369 e. The SMILES string of the molecule is OC1Nc2nc3ccccc3nc2NC1O. The third-order valence-electron chi connectivity index (χ3n) is 2.44. The standard InChI is InChI=1S/C10H10N4O2/c15-9-10(16)14-8-7(13-9)11-5-3-1-2-4-6(5)12-8/h1-4,9-10,15-16H,(H,11,13)(H,12,14). The number of nitrogens with one attached hydrogen (secondary N) is 2. The number of aliphatic hydroxyl groups excluding tert-OH is 2. The van der Waals surface area contributed by atoms with Crippen molar-refractivity contribution in [1.82, 2.24) is 9.97 Å². The lowest BCUT2D eigenvalue weighted by molar-refractivity contribution is 0.0520. The van der Waals surface area contributed by atoms with Gasteiger partial charge in [-0.25, -0.2) is 9.97 Å².